The smallest absolute Gasteiger partial charge is 0.292 e. The standard InChI is InChI=1S/C22H22ClN5O4/c1-15-17(7-12-32-15)21(30)24-14-19(29)27-10-8-26(9-11-27)18-13-25-28(22(31)20(18)23)16-5-3-2-4-6-16/h2-7,12-13H,8-11,14H2,1H3,(H,24,30). The molecule has 0 radical (unpaired) electrons. The molecule has 1 saturated heterocycles. The maximum atomic E-state index is 12.7. The van der Waals surface area contributed by atoms with E-state index in [9.17, 15) is 14.4 Å². The lowest BCUT2D eigenvalue weighted by Crippen LogP contribution is -2.51. The van der Waals surface area contributed by atoms with Crippen LogP contribution in [0.1, 0.15) is 16.1 Å². The monoisotopic (exact) mass is 455 g/mol. The lowest BCUT2D eigenvalue weighted by atomic mass is 10.2. The molecule has 0 unspecified atom stereocenters. The van der Waals surface area contributed by atoms with Gasteiger partial charge in [0.1, 0.15) is 10.8 Å². The second-order valence-corrected chi connectivity index (χ2v) is 7.72. The van der Waals surface area contributed by atoms with Gasteiger partial charge in [-0.25, -0.2) is 0 Å². The number of piperazine rings is 1. The average molecular weight is 456 g/mol. The normalized spacial score (nSPS) is 13.8. The molecule has 32 heavy (non-hydrogen) atoms. The number of aromatic nitrogens is 2. The number of carbonyl (C=O) groups excluding carboxylic acids is 2. The number of hydrogen-bond donors (Lipinski definition) is 1. The highest BCUT2D eigenvalue weighted by molar-refractivity contribution is 6.33. The Hall–Kier alpha value is -3.59. The van der Waals surface area contributed by atoms with Gasteiger partial charge in [0.25, 0.3) is 11.5 Å². The van der Waals surface area contributed by atoms with Crippen LogP contribution in [0, 0.1) is 6.92 Å². The van der Waals surface area contributed by atoms with E-state index in [0.29, 0.717) is 48.9 Å². The van der Waals surface area contributed by atoms with Crippen LogP contribution in [0.25, 0.3) is 5.69 Å². The van der Waals surface area contributed by atoms with Gasteiger partial charge in [-0.1, -0.05) is 29.8 Å². The number of nitrogens with one attached hydrogen (secondary N) is 1. The minimum atomic E-state index is -0.397. The van der Waals surface area contributed by atoms with Crippen molar-refractivity contribution in [1.29, 1.82) is 0 Å². The third-order valence-corrected chi connectivity index (χ3v) is 5.73. The fourth-order valence-electron chi connectivity index (χ4n) is 3.58. The van der Waals surface area contributed by atoms with E-state index < -0.39 is 5.56 Å². The van der Waals surface area contributed by atoms with Crippen LogP contribution >= 0.6 is 11.6 Å². The number of rotatable bonds is 5. The first-order chi connectivity index (χ1) is 15.5. The van der Waals surface area contributed by atoms with Gasteiger partial charge in [-0.2, -0.15) is 9.78 Å². The predicted molar refractivity (Wildman–Crippen MR) is 119 cm³/mol. The molecule has 2 amide bonds. The van der Waals surface area contributed by atoms with E-state index in [1.807, 2.05) is 23.1 Å². The van der Waals surface area contributed by atoms with E-state index in [-0.39, 0.29) is 23.4 Å². The second-order valence-electron chi connectivity index (χ2n) is 7.34. The number of nitrogens with zero attached hydrogens (tertiary/aromatic N) is 4. The highest BCUT2D eigenvalue weighted by Crippen LogP contribution is 2.23. The molecule has 0 saturated carbocycles. The SMILES string of the molecule is Cc1occc1C(=O)NCC(=O)N1CCN(c2cnn(-c3ccccc3)c(=O)c2Cl)CC1. The van der Waals surface area contributed by atoms with Crippen LogP contribution in [0.3, 0.4) is 0 Å². The molecule has 2 aromatic heterocycles. The third kappa shape index (κ3) is 4.38. The van der Waals surface area contributed by atoms with Crippen LogP contribution in [0.2, 0.25) is 5.02 Å². The van der Waals surface area contributed by atoms with Gasteiger partial charge in [-0.15, -0.1) is 0 Å². The summed E-state index contributed by atoms with van der Waals surface area (Å²) in [6.07, 6.45) is 3.01. The number of hydrogen-bond acceptors (Lipinski definition) is 6. The number of para-hydroxylation sites is 1. The number of halogens is 1. The molecule has 0 bridgehead atoms. The van der Waals surface area contributed by atoms with Crippen LogP contribution < -0.4 is 15.8 Å². The Kier molecular flexibility index (Phi) is 6.27. The molecule has 9 nitrogen and oxygen atoms in total. The minimum absolute atomic E-state index is 0.0892. The first-order valence-electron chi connectivity index (χ1n) is 10.1. The highest BCUT2D eigenvalue weighted by Gasteiger charge is 2.24. The average Bonchev–Trinajstić information content (AvgIpc) is 3.25. The Morgan fingerprint density at radius 3 is 2.50 bits per heavy atom. The van der Waals surface area contributed by atoms with Gasteiger partial charge in [-0.3, -0.25) is 14.4 Å². The first kappa shape index (κ1) is 21.6. The molecule has 1 N–H and O–H groups in total. The van der Waals surface area contributed by atoms with Crippen molar-refractivity contribution in [2.75, 3.05) is 37.6 Å². The van der Waals surface area contributed by atoms with E-state index in [0.717, 1.165) is 0 Å². The molecular weight excluding hydrogens is 434 g/mol. The molecule has 166 valence electrons. The number of furan rings is 1. The zero-order chi connectivity index (χ0) is 22.7. The number of carbonyl (C=O) groups is 2. The minimum Gasteiger partial charge on any atom is -0.469 e. The summed E-state index contributed by atoms with van der Waals surface area (Å²) >= 11 is 6.38. The van der Waals surface area contributed by atoms with Gasteiger partial charge < -0.3 is 19.5 Å². The first-order valence-corrected chi connectivity index (χ1v) is 10.5. The van der Waals surface area contributed by atoms with Crippen molar-refractivity contribution in [2.45, 2.75) is 6.92 Å². The molecular formula is C22H22ClN5O4. The van der Waals surface area contributed by atoms with Crippen LogP contribution in [0.5, 0.6) is 0 Å². The van der Waals surface area contributed by atoms with Crippen LogP contribution in [-0.2, 0) is 4.79 Å². The Balaban J connectivity index is 1.36. The van der Waals surface area contributed by atoms with Gasteiger partial charge >= 0.3 is 0 Å². The van der Waals surface area contributed by atoms with Crippen molar-refractivity contribution in [3.63, 3.8) is 0 Å². The van der Waals surface area contributed by atoms with Crippen molar-refractivity contribution >= 4 is 29.1 Å². The summed E-state index contributed by atoms with van der Waals surface area (Å²) in [5.74, 6) is -0.0221. The largest absolute Gasteiger partial charge is 0.469 e. The zero-order valence-electron chi connectivity index (χ0n) is 17.5. The molecule has 1 aliphatic heterocycles. The van der Waals surface area contributed by atoms with E-state index >= 15 is 0 Å². The quantitative estimate of drug-likeness (QED) is 0.630. The summed E-state index contributed by atoms with van der Waals surface area (Å²) in [7, 11) is 0. The van der Waals surface area contributed by atoms with Crippen LogP contribution in [0.4, 0.5) is 5.69 Å². The number of anilines is 1. The number of benzene rings is 1. The summed E-state index contributed by atoms with van der Waals surface area (Å²) < 4.78 is 6.37. The maximum absolute atomic E-state index is 12.7. The molecule has 1 aromatic carbocycles. The maximum Gasteiger partial charge on any atom is 0.292 e. The fourth-order valence-corrected chi connectivity index (χ4v) is 3.83. The molecule has 4 rings (SSSR count). The Labute approximate surface area is 189 Å². The van der Waals surface area contributed by atoms with Crippen molar-refractivity contribution in [3.05, 3.63) is 75.6 Å². The van der Waals surface area contributed by atoms with Crippen molar-refractivity contribution in [1.82, 2.24) is 20.0 Å². The number of aryl methyl sites for hydroxylation is 1. The van der Waals surface area contributed by atoms with E-state index in [4.69, 9.17) is 16.0 Å². The summed E-state index contributed by atoms with van der Waals surface area (Å²) in [5.41, 5.74) is 1.19. The predicted octanol–water partition coefficient (Wildman–Crippen LogP) is 1.87. The summed E-state index contributed by atoms with van der Waals surface area (Å²) in [6.45, 7) is 3.47. The van der Waals surface area contributed by atoms with Gasteiger partial charge in [0.05, 0.1) is 35.9 Å². The van der Waals surface area contributed by atoms with Gasteiger partial charge in [-0.05, 0) is 25.1 Å². The van der Waals surface area contributed by atoms with Crippen LogP contribution in [-0.4, -0.2) is 59.2 Å². The van der Waals surface area contributed by atoms with Gasteiger partial charge in [0, 0.05) is 26.2 Å². The summed E-state index contributed by atoms with van der Waals surface area (Å²) in [6, 6.07) is 10.6. The van der Waals surface area contributed by atoms with E-state index in [2.05, 4.69) is 10.4 Å². The molecule has 10 heteroatoms. The molecule has 3 aromatic rings. The third-order valence-electron chi connectivity index (χ3n) is 5.38. The Morgan fingerprint density at radius 1 is 1.12 bits per heavy atom. The van der Waals surface area contributed by atoms with Crippen molar-refractivity contribution in [3.8, 4) is 5.69 Å². The Bertz CT molecular complexity index is 1180. The molecule has 1 aliphatic rings. The Morgan fingerprint density at radius 2 is 1.84 bits per heavy atom. The summed E-state index contributed by atoms with van der Waals surface area (Å²) in [5, 5.41) is 6.98. The second kappa shape index (κ2) is 9.27. The molecule has 0 atom stereocenters. The molecule has 0 aliphatic carbocycles. The molecule has 3 heterocycles. The van der Waals surface area contributed by atoms with Gasteiger partial charge in [0.15, 0.2) is 0 Å². The molecule has 0 spiro atoms. The van der Waals surface area contributed by atoms with Crippen molar-refractivity contribution in [2.24, 2.45) is 0 Å². The van der Waals surface area contributed by atoms with E-state index in [1.54, 1.807) is 36.2 Å². The summed E-state index contributed by atoms with van der Waals surface area (Å²) in [4.78, 5) is 41.0. The number of amides is 2. The van der Waals surface area contributed by atoms with Crippen LogP contribution in [0.15, 0.2) is 58.1 Å². The topological polar surface area (TPSA) is 101 Å². The lowest BCUT2D eigenvalue weighted by molar-refractivity contribution is -0.130. The molecule has 1 fully saturated rings. The highest BCUT2D eigenvalue weighted by atomic mass is 35.5. The fraction of sp³-hybridized carbons (Fsp3) is 0.273. The van der Waals surface area contributed by atoms with Gasteiger partial charge in [0.2, 0.25) is 5.91 Å². The zero-order valence-corrected chi connectivity index (χ0v) is 18.2. The van der Waals surface area contributed by atoms with E-state index in [1.165, 1.54) is 10.9 Å². The lowest BCUT2D eigenvalue weighted by Gasteiger charge is -2.36. The van der Waals surface area contributed by atoms with Crippen molar-refractivity contribution < 1.29 is 14.0 Å².